The second-order valence-corrected chi connectivity index (χ2v) is 7.35. The van der Waals surface area contributed by atoms with E-state index in [0.29, 0.717) is 35.4 Å². The number of amides is 3. The monoisotopic (exact) mass is 430 g/mol. The molecule has 0 aromatic heterocycles. The maximum absolute atomic E-state index is 12.5. The number of ether oxygens (including phenoxy) is 1. The molecular formula is C20H16Cl2N4O3. The highest BCUT2D eigenvalue weighted by molar-refractivity contribution is 6.31. The van der Waals surface area contributed by atoms with Crippen LogP contribution in [0.5, 0.6) is 0 Å². The van der Waals surface area contributed by atoms with Crippen LogP contribution >= 0.6 is 23.2 Å². The van der Waals surface area contributed by atoms with Gasteiger partial charge >= 0.3 is 12.1 Å². The van der Waals surface area contributed by atoms with E-state index in [9.17, 15) is 9.59 Å². The summed E-state index contributed by atoms with van der Waals surface area (Å²) in [5.41, 5.74) is 1.45. The number of carbonyl (C=O) groups is 2. The van der Waals surface area contributed by atoms with Crippen LogP contribution in [0.1, 0.15) is 5.56 Å². The minimum Gasteiger partial charge on any atom is -0.418 e. The molecule has 2 aromatic carbocycles. The first kappa shape index (κ1) is 19.3. The average Bonchev–Trinajstić information content (AvgIpc) is 3.02. The Balaban J connectivity index is 1.43. The Morgan fingerprint density at radius 1 is 1.10 bits per heavy atom. The summed E-state index contributed by atoms with van der Waals surface area (Å²) < 4.78 is 5.52. The number of anilines is 1. The SMILES string of the molecule is O=C(Nc1cccc(Cl)c1)C1=CN2CCN(Cc3cccc(Cl)c3)C(=O)N=C2O1. The molecule has 2 aliphatic rings. The lowest BCUT2D eigenvalue weighted by Gasteiger charge is -2.19. The van der Waals surface area contributed by atoms with E-state index in [1.165, 1.54) is 6.20 Å². The Hall–Kier alpha value is -3.03. The van der Waals surface area contributed by atoms with Crippen molar-refractivity contribution >= 4 is 46.8 Å². The minimum absolute atomic E-state index is 0.0554. The Kier molecular flexibility index (Phi) is 5.42. The number of hydrogen-bond acceptors (Lipinski definition) is 4. The van der Waals surface area contributed by atoms with E-state index in [2.05, 4.69) is 10.3 Å². The normalized spacial score (nSPS) is 15.9. The third kappa shape index (κ3) is 4.52. The molecule has 0 bridgehead atoms. The van der Waals surface area contributed by atoms with Crippen LogP contribution in [0.2, 0.25) is 10.0 Å². The molecule has 0 radical (unpaired) electrons. The number of hydrogen-bond donors (Lipinski definition) is 1. The molecule has 0 saturated heterocycles. The van der Waals surface area contributed by atoms with E-state index in [-0.39, 0.29) is 11.8 Å². The average molecular weight is 431 g/mol. The van der Waals surface area contributed by atoms with Crippen LogP contribution in [0.4, 0.5) is 10.5 Å². The second-order valence-electron chi connectivity index (χ2n) is 6.48. The number of benzene rings is 2. The Bertz CT molecular complexity index is 1040. The third-order valence-electron chi connectivity index (χ3n) is 4.36. The molecule has 2 heterocycles. The first-order chi connectivity index (χ1) is 14.0. The van der Waals surface area contributed by atoms with Gasteiger partial charge in [0.2, 0.25) is 5.76 Å². The van der Waals surface area contributed by atoms with Gasteiger partial charge in [-0.3, -0.25) is 9.69 Å². The summed E-state index contributed by atoms with van der Waals surface area (Å²) >= 11 is 11.9. The molecule has 0 spiro atoms. The lowest BCUT2D eigenvalue weighted by Crippen LogP contribution is -2.31. The summed E-state index contributed by atoms with van der Waals surface area (Å²) in [6.45, 7) is 1.25. The number of fused-ring (bicyclic) bond motifs is 1. The Morgan fingerprint density at radius 2 is 1.86 bits per heavy atom. The van der Waals surface area contributed by atoms with Crippen LogP contribution in [0, 0.1) is 0 Å². The number of aliphatic imine (C=N–C) groups is 1. The van der Waals surface area contributed by atoms with E-state index in [0.717, 1.165) is 5.56 Å². The van der Waals surface area contributed by atoms with Crippen molar-refractivity contribution < 1.29 is 14.3 Å². The van der Waals surface area contributed by atoms with Crippen LogP contribution < -0.4 is 5.32 Å². The maximum atomic E-state index is 12.5. The van der Waals surface area contributed by atoms with Gasteiger partial charge in [-0.1, -0.05) is 41.4 Å². The van der Waals surface area contributed by atoms with E-state index < -0.39 is 11.9 Å². The van der Waals surface area contributed by atoms with Crippen LogP contribution in [-0.4, -0.2) is 40.8 Å². The van der Waals surface area contributed by atoms with E-state index in [4.69, 9.17) is 27.9 Å². The number of amidine groups is 1. The van der Waals surface area contributed by atoms with Crippen LogP contribution in [0.15, 0.2) is 65.5 Å². The van der Waals surface area contributed by atoms with Crippen molar-refractivity contribution in [3.8, 4) is 0 Å². The molecule has 3 amide bonds. The van der Waals surface area contributed by atoms with Crippen LogP contribution in [-0.2, 0) is 16.1 Å². The number of halogens is 2. The lowest BCUT2D eigenvalue weighted by atomic mass is 10.2. The fourth-order valence-corrected chi connectivity index (χ4v) is 3.37. The van der Waals surface area contributed by atoms with E-state index in [1.54, 1.807) is 40.1 Å². The smallest absolute Gasteiger partial charge is 0.348 e. The summed E-state index contributed by atoms with van der Waals surface area (Å²) in [5, 5.41) is 3.82. The van der Waals surface area contributed by atoms with Gasteiger partial charge < -0.3 is 15.0 Å². The molecule has 1 N–H and O–H groups in total. The lowest BCUT2D eigenvalue weighted by molar-refractivity contribution is -0.114. The van der Waals surface area contributed by atoms with Crippen molar-refractivity contribution in [1.29, 1.82) is 0 Å². The quantitative estimate of drug-likeness (QED) is 0.791. The molecule has 29 heavy (non-hydrogen) atoms. The Morgan fingerprint density at radius 3 is 2.62 bits per heavy atom. The van der Waals surface area contributed by atoms with Gasteiger partial charge in [0.1, 0.15) is 0 Å². The topological polar surface area (TPSA) is 74.2 Å². The standard InChI is InChI=1S/C20H16Cl2N4O3/c21-14-4-1-3-13(9-14)11-25-7-8-26-12-17(29-20(26)24-19(25)28)18(27)23-16-6-2-5-15(22)10-16/h1-6,9-10,12H,7-8,11H2,(H,23,27). The molecular weight excluding hydrogens is 415 g/mol. The van der Waals surface area contributed by atoms with Crippen molar-refractivity contribution in [2.75, 3.05) is 18.4 Å². The van der Waals surface area contributed by atoms with Gasteiger partial charge in [-0.15, -0.1) is 4.99 Å². The van der Waals surface area contributed by atoms with Crippen LogP contribution in [0.3, 0.4) is 0 Å². The second kappa shape index (κ2) is 8.14. The maximum Gasteiger partial charge on any atom is 0.348 e. The number of nitrogens with zero attached hydrogens (tertiary/aromatic N) is 3. The molecule has 0 saturated carbocycles. The number of urea groups is 1. The van der Waals surface area contributed by atoms with Gasteiger partial charge in [0.05, 0.1) is 6.20 Å². The molecule has 0 atom stereocenters. The van der Waals surface area contributed by atoms with Crippen molar-refractivity contribution in [3.63, 3.8) is 0 Å². The van der Waals surface area contributed by atoms with Crippen molar-refractivity contribution in [2.45, 2.75) is 6.54 Å². The summed E-state index contributed by atoms with van der Waals surface area (Å²) in [6.07, 6.45) is 1.54. The van der Waals surface area contributed by atoms with Gasteiger partial charge in [-0.25, -0.2) is 4.79 Å². The fourth-order valence-electron chi connectivity index (χ4n) is 2.97. The van der Waals surface area contributed by atoms with Crippen LogP contribution in [0.25, 0.3) is 0 Å². The Labute approximate surface area is 177 Å². The highest BCUT2D eigenvalue weighted by atomic mass is 35.5. The molecule has 4 rings (SSSR count). The highest BCUT2D eigenvalue weighted by Crippen LogP contribution is 2.21. The first-order valence-corrected chi connectivity index (χ1v) is 9.59. The molecule has 9 heteroatoms. The van der Waals surface area contributed by atoms with Crippen molar-refractivity contribution in [1.82, 2.24) is 9.80 Å². The summed E-state index contributed by atoms with van der Waals surface area (Å²) in [6, 6.07) is 13.7. The predicted molar refractivity (Wildman–Crippen MR) is 111 cm³/mol. The van der Waals surface area contributed by atoms with Crippen molar-refractivity contribution in [3.05, 3.63) is 76.1 Å². The minimum atomic E-state index is -0.453. The van der Waals surface area contributed by atoms with Gasteiger partial charge in [-0.2, -0.15) is 0 Å². The van der Waals surface area contributed by atoms with E-state index >= 15 is 0 Å². The van der Waals surface area contributed by atoms with Gasteiger partial charge in [-0.05, 0) is 35.9 Å². The van der Waals surface area contributed by atoms with Gasteiger partial charge in [0.15, 0.2) is 0 Å². The summed E-state index contributed by atoms with van der Waals surface area (Å²) in [5.74, 6) is -0.397. The zero-order chi connectivity index (χ0) is 20.4. The molecule has 0 unspecified atom stereocenters. The molecule has 2 aliphatic heterocycles. The molecule has 0 fully saturated rings. The highest BCUT2D eigenvalue weighted by Gasteiger charge is 2.31. The number of nitrogens with one attached hydrogen (secondary N) is 1. The number of carbonyl (C=O) groups excluding carboxylic acids is 2. The molecule has 7 nitrogen and oxygen atoms in total. The number of rotatable bonds is 4. The molecule has 148 valence electrons. The van der Waals surface area contributed by atoms with Gasteiger partial charge in [0, 0.05) is 35.4 Å². The summed E-state index contributed by atoms with van der Waals surface area (Å²) in [4.78, 5) is 32.2. The first-order valence-electron chi connectivity index (χ1n) is 8.83. The summed E-state index contributed by atoms with van der Waals surface area (Å²) in [7, 11) is 0. The fraction of sp³-hybridized carbons (Fsp3) is 0.150. The molecule has 2 aromatic rings. The third-order valence-corrected chi connectivity index (χ3v) is 4.83. The van der Waals surface area contributed by atoms with Gasteiger partial charge in [0.25, 0.3) is 5.91 Å². The largest absolute Gasteiger partial charge is 0.418 e. The van der Waals surface area contributed by atoms with Crippen molar-refractivity contribution in [2.24, 2.45) is 4.99 Å². The zero-order valence-corrected chi connectivity index (χ0v) is 16.7. The molecule has 0 aliphatic carbocycles. The zero-order valence-electron chi connectivity index (χ0n) is 15.1. The van der Waals surface area contributed by atoms with E-state index in [1.807, 2.05) is 18.2 Å². The predicted octanol–water partition coefficient (Wildman–Crippen LogP) is 4.10.